The molecular weight excluding hydrogens is 386 g/mol. The number of thiocarbonyl (C=S) groups is 1. The monoisotopic (exact) mass is 415 g/mol. The van der Waals surface area contributed by atoms with Gasteiger partial charge < -0.3 is 29.7 Å². The van der Waals surface area contributed by atoms with Gasteiger partial charge in [-0.25, -0.2) is 0 Å². The fourth-order valence-electron chi connectivity index (χ4n) is 3.25. The van der Waals surface area contributed by atoms with Gasteiger partial charge in [-0.1, -0.05) is 12.1 Å². The molecule has 0 saturated carbocycles. The SMILES string of the molecule is CCOc1cc(N2CCOCC2)c(OCC)cc1NC(=S)Nc1cccc(C)c1. The van der Waals surface area contributed by atoms with Crippen molar-refractivity contribution >= 4 is 34.4 Å². The standard InChI is InChI=1S/C22H29N3O3S/c1-4-27-20-15-19(25-9-11-26-12-10-25)21(28-5-2)14-18(20)24-22(29)23-17-8-6-7-16(3)13-17/h6-8,13-15H,4-5,9-12H2,1-3H3,(H2,23,24,29). The molecule has 0 atom stereocenters. The van der Waals surface area contributed by atoms with Crippen LogP contribution in [0.25, 0.3) is 0 Å². The van der Waals surface area contributed by atoms with Gasteiger partial charge in [-0.2, -0.15) is 0 Å². The summed E-state index contributed by atoms with van der Waals surface area (Å²) in [5.41, 5.74) is 3.90. The molecular formula is C22H29N3O3S. The Hall–Kier alpha value is -2.51. The van der Waals surface area contributed by atoms with Crippen LogP contribution in [0.15, 0.2) is 36.4 Å². The number of aryl methyl sites for hydroxylation is 1. The Balaban J connectivity index is 1.85. The fourth-order valence-corrected chi connectivity index (χ4v) is 3.48. The number of hydrogen-bond donors (Lipinski definition) is 2. The molecule has 2 N–H and O–H groups in total. The van der Waals surface area contributed by atoms with Crippen molar-refractivity contribution in [3.8, 4) is 11.5 Å². The summed E-state index contributed by atoms with van der Waals surface area (Å²) >= 11 is 5.53. The molecule has 0 spiro atoms. The summed E-state index contributed by atoms with van der Waals surface area (Å²) in [6, 6.07) is 12.1. The molecule has 0 bridgehead atoms. The molecule has 1 saturated heterocycles. The second-order valence-electron chi connectivity index (χ2n) is 6.73. The van der Waals surface area contributed by atoms with Crippen LogP contribution < -0.4 is 25.0 Å². The van der Waals surface area contributed by atoms with E-state index in [1.807, 2.05) is 57.2 Å². The zero-order chi connectivity index (χ0) is 20.6. The molecule has 0 amide bonds. The number of benzene rings is 2. The molecule has 1 fully saturated rings. The largest absolute Gasteiger partial charge is 0.492 e. The number of morpholine rings is 1. The third-order valence-electron chi connectivity index (χ3n) is 4.54. The predicted molar refractivity (Wildman–Crippen MR) is 123 cm³/mol. The van der Waals surface area contributed by atoms with Gasteiger partial charge in [0.15, 0.2) is 5.11 Å². The van der Waals surface area contributed by atoms with Crippen LogP contribution in [-0.4, -0.2) is 44.6 Å². The van der Waals surface area contributed by atoms with Crippen molar-refractivity contribution in [3.63, 3.8) is 0 Å². The number of ether oxygens (including phenoxy) is 3. The summed E-state index contributed by atoms with van der Waals surface area (Å²) in [6.45, 7) is 10.2. The van der Waals surface area contributed by atoms with Gasteiger partial charge >= 0.3 is 0 Å². The summed E-state index contributed by atoms with van der Waals surface area (Å²) in [5, 5.41) is 6.99. The molecule has 156 valence electrons. The van der Waals surface area contributed by atoms with Crippen LogP contribution in [0.5, 0.6) is 11.5 Å². The van der Waals surface area contributed by atoms with Gasteiger partial charge in [0.1, 0.15) is 11.5 Å². The van der Waals surface area contributed by atoms with Gasteiger partial charge in [0.05, 0.1) is 37.8 Å². The van der Waals surface area contributed by atoms with Gasteiger partial charge in [-0.05, 0) is 50.7 Å². The molecule has 0 aliphatic carbocycles. The minimum absolute atomic E-state index is 0.498. The van der Waals surface area contributed by atoms with Crippen LogP contribution >= 0.6 is 12.2 Å². The molecule has 1 heterocycles. The third kappa shape index (κ3) is 5.74. The first-order valence-electron chi connectivity index (χ1n) is 10.0. The highest BCUT2D eigenvalue weighted by atomic mass is 32.1. The first-order valence-corrected chi connectivity index (χ1v) is 10.4. The lowest BCUT2D eigenvalue weighted by atomic mass is 10.2. The van der Waals surface area contributed by atoms with E-state index in [0.717, 1.165) is 41.7 Å². The summed E-state index contributed by atoms with van der Waals surface area (Å²) < 4.78 is 17.3. The van der Waals surface area contributed by atoms with E-state index >= 15 is 0 Å². The maximum atomic E-state index is 5.94. The Labute approximate surface area is 178 Å². The average Bonchev–Trinajstić information content (AvgIpc) is 2.71. The van der Waals surface area contributed by atoms with Crippen LogP contribution in [-0.2, 0) is 4.74 Å². The van der Waals surface area contributed by atoms with Gasteiger partial charge in [0.25, 0.3) is 0 Å². The van der Waals surface area contributed by atoms with E-state index in [2.05, 4.69) is 15.5 Å². The van der Waals surface area contributed by atoms with Crippen molar-refractivity contribution in [2.45, 2.75) is 20.8 Å². The van der Waals surface area contributed by atoms with E-state index in [1.165, 1.54) is 5.56 Å². The first-order chi connectivity index (χ1) is 14.1. The molecule has 0 aromatic heterocycles. The van der Waals surface area contributed by atoms with Gasteiger partial charge in [0.2, 0.25) is 0 Å². The number of nitrogens with zero attached hydrogens (tertiary/aromatic N) is 1. The second-order valence-corrected chi connectivity index (χ2v) is 7.14. The molecule has 1 aliphatic rings. The van der Waals surface area contributed by atoms with Crippen LogP contribution in [0, 0.1) is 6.92 Å². The van der Waals surface area contributed by atoms with Crippen molar-refractivity contribution in [1.29, 1.82) is 0 Å². The van der Waals surface area contributed by atoms with Crippen LogP contribution in [0.2, 0.25) is 0 Å². The number of nitrogens with one attached hydrogen (secondary N) is 2. The maximum Gasteiger partial charge on any atom is 0.175 e. The van der Waals surface area contributed by atoms with Crippen LogP contribution in [0.3, 0.4) is 0 Å². The Bertz CT molecular complexity index is 838. The lowest BCUT2D eigenvalue weighted by molar-refractivity contribution is 0.122. The number of rotatable bonds is 7. The third-order valence-corrected chi connectivity index (χ3v) is 4.74. The lowest BCUT2D eigenvalue weighted by Crippen LogP contribution is -2.36. The predicted octanol–water partition coefficient (Wildman–Crippen LogP) is 4.44. The number of anilines is 3. The van der Waals surface area contributed by atoms with E-state index in [1.54, 1.807) is 0 Å². The van der Waals surface area contributed by atoms with Crippen LogP contribution in [0.1, 0.15) is 19.4 Å². The summed E-state index contributed by atoms with van der Waals surface area (Å²) in [6.07, 6.45) is 0. The quantitative estimate of drug-likeness (QED) is 0.649. The molecule has 2 aromatic carbocycles. The van der Waals surface area contributed by atoms with E-state index in [9.17, 15) is 0 Å². The van der Waals surface area contributed by atoms with Crippen LogP contribution in [0.4, 0.5) is 17.1 Å². The van der Waals surface area contributed by atoms with Crippen molar-refractivity contribution in [1.82, 2.24) is 0 Å². The fraction of sp³-hybridized carbons (Fsp3) is 0.409. The molecule has 1 aliphatic heterocycles. The highest BCUT2D eigenvalue weighted by Gasteiger charge is 2.20. The average molecular weight is 416 g/mol. The second kappa shape index (κ2) is 10.3. The Morgan fingerprint density at radius 3 is 2.45 bits per heavy atom. The van der Waals surface area contributed by atoms with Gasteiger partial charge in [-0.3, -0.25) is 0 Å². The zero-order valence-corrected chi connectivity index (χ0v) is 18.1. The van der Waals surface area contributed by atoms with Crippen molar-refractivity contribution in [2.75, 3.05) is 55.1 Å². The molecule has 7 heteroatoms. The Morgan fingerprint density at radius 2 is 1.76 bits per heavy atom. The topological polar surface area (TPSA) is 55.0 Å². The molecule has 6 nitrogen and oxygen atoms in total. The lowest BCUT2D eigenvalue weighted by Gasteiger charge is -2.31. The van der Waals surface area contributed by atoms with E-state index in [0.29, 0.717) is 31.5 Å². The smallest absolute Gasteiger partial charge is 0.175 e. The molecule has 29 heavy (non-hydrogen) atoms. The minimum Gasteiger partial charge on any atom is -0.492 e. The molecule has 0 radical (unpaired) electrons. The molecule has 3 rings (SSSR count). The highest BCUT2D eigenvalue weighted by Crippen LogP contribution is 2.39. The molecule has 2 aromatic rings. The molecule has 0 unspecified atom stereocenters. The van der Waals surface area contributed by atoms with E-state index < -0.39 is 0 Å². The summed E-state index contributed by atoms with van der Waals surface area (Å²) in [7, 11) is 0. The Morgan fingerprint density at radius 1 is 1.03 bits per heavy atom. The van der Waals surface area contributed by atoms with Gasteiger partial charge in [-0.15, -0.1) is 0 Å². The highest BCUT2D eigenvalue weighted by molar-refractivity contribution is 7.80. The number of hydrogen-bond acceptors (Lipinski definition) is 5. The van der Waals surface area contributed by atoms with E-state index in [-0.39, 0.29) is 0 Å². The van der Waals surface area contributed by atoms with Crippen molar-refractivity contribution in [2.24, 2.45) is 0 Å². The maximum absolute atomic E-state index is 5.94. The summed E-state index contributed by atoms with van der Waals surface area (Å²) in [4.78, 5) is 2.27. The normalized spacial score (nSPS) is 13.7. The summed E-state index contributed by atoms with van der Waals surface area (Å²) in [5.74, 6) is 1.55. The Kier molecular flexibility index (Phi) is 7.55. The minimum atomic E-state index is 0.498. The first kappa shape index (κ1) is 21.2. The van der Waals surface area contributed by atoms with Gasteiger partial charge in [0, 0.05) is 30.9 Å². The van der Waals surface area contributed by atoms with Crippen molar-refractivity contribution in [3.05, 3.63) is 42.0 Å². The van der Waals surface area contributed by atoms with Crippen molar-refractivity contribution < 1.29 is 14.2 Å². The van der Waals surface area contributed by atoms with E-state index in [4.69, 9.17) is 26.4 Å². The zero-order valence-electron chi connectivity index (χ0n) is 17.3.